The molecule has 2 aromatic rings. The summed E-state index contributed by atoms with van der Waals surface area (Å²) in [5.74, 6) is 1.08. The van der Waals surface area contributed by atoms with E-state index in [2.05, 4.69) is 12.0 Å². The summed E-state index contributed by atoms with van der Waals surface area (Å²) >= 11 is 0. The third-order valence-electron chi connectivity index (χ3n) is 5.02. The maximum atomic E-state index is 12.7. The SMILES string of the molecule is Cc1nn(C)c(C)c1[C@@H]1CCCN1C(=O)CCCOc1ccccc1. The molecular formula is C20H27N3O2. The Morgan fingerprint density at radius 1 is 1.28 bits per heavy atom. The van der Waals surface area contributed by atoms with E-state index in [1.807, 2.05) is 53.9 Å². The molecule has 1 aliphatic rings. The number of amides is 1. The van der Waals surface area contributed by atoms with Gasteiger partial charge in [-0.05, 0) is 45.2 Å². The number of rotatable bonds is 6. The summed E-state index contributed by atoms with van der Waals surface area (Å²) in [5.41, 5.74) is 3.43. The molecule has 5 heteroatoms. The molecule has 0 radical (unpaired) electrons. The van der Waals surface area contributed by atoms with Gasteiger partial charge in [0.05, 0.1) is 18.3 Å². The first-order valence-electron chi connectivity index (χ1n) is 9.05. The standard InChI is InChI=1S/C20H27N3O2/c1-15-20(16(2)22(3)21-15)18-11-7-13-23(18)19(24)12-8-14-25-17-9-5-4-6-10-17/h4-6,9-10,18H,7-8,11-14H2,1-3H3/t18-/m0/s1. The Kier molecular flexibility index (Phi) is 5.41. The minimum Gasteiger partial charge on any atom is -0.494 e. The van der Waals surface area contributed by atoms with Crippen molar-refractivity contribution in [2.24, 2.45) is 7.05 Å². The molecule has 134 valence electrons. The summed E-state index contributed by atoms with van der Waals surface area (Å²) in [6.07, 6.45) is 3.36. The summed E-state index contributed by atoms with van der Waals surface area (Å²) in [6.45, 7) is 5.54. The van der Waals surface area contributed by atoms with Crippen LogP contribution in [0.4, 0.5) is 0 Å². The highest BCUT2D eigenvalue weighted by Gasteiger charge is 2.33. The van der Waals surface area contributed by atoms with Gasteiger partial charge in [-0.25, -0.2) is 0 Å². The van der Waals surface area contributed by atoms with Crippen molar-refractivity contribution in [3.63, 3.8) is 0 Å². The second-order valence-corrected chi connectivity index (χ2v) is 6.72. The fourth-order valence-electron chi connectivity index (χ4n) is 3.71. The predicted octanol–water partition coefficient (Wildman–Crippen LogP) is 3.56. The number of aryl methyl sites for hydroxylation is 2. The molecular weight excluding hydrogens is 314 g/mol. The first kappa shape index (κ1) is 17.5. The molecule has 1 saturated heterocycles. The highest BCUT2D eigenvalue weighted by molar-refractivity contribution is 5.77. The van der Waals surface area contributed by atoms with Crippen molar-refractivity contribution in [1.29, 1.82) is 0 Å². The van der Waals surface area contributed by atoms with Crippen molar-refractivity contribution < 1.29 is 9.53 Å². The highest BCUT2D eigenvalue weighted by atomic mass is 16.5. The summed E-state index contributed by atoms with van der Waals surface area (Å²) in [5, 5.41) is 4.52. The van der Waals surface area contributed by atoms with Gasteiger partial charge >= 0.3 is 0 Å². The van der Waals surface area contributed by atoms with E-state index in [1.165, 1.54) is 5.56 Å². The number of carbonyl (C=O) groups excluding carboxylic acids is 1. The topological polar surface area (TPSA) is 47.4 Å². The summed E-state index contributed by atoms with van der Waals surface area (Å²) in [6, 6.07) is 9.92. The molecule has 1 aromatic heterocycles. The molecule has 0 aliphatic carbocycles. The van der Waals surface area contributed by atoms with Gasteiger partial charge in [-0.2, -0.15) is 5.10 Å². The van der Waals surface area contributed by atoms with E-state index in [9.17, 15) is 4.79 Å². The number of nitrogens with zero attached hydrogens (tertiary/aromatic N) is 3. The lowest BCUT2D eigenvalue weighted by molar-refractivity contribution is -0.132. The van der Waals surface area contributed by atoms with Crippen molar-refractivity contribution >= 4 is 5.91 Å². The number of likely N-dealkylation sites (tertiary alicyclic amines) is 1. The highest BCUT2D eigenvalue weighted by Crippen LogP contribution is 2.35. The van der Waals surface area contributed by atoms with Crippen molar-refractivity contribution in [2.45, 2.75) is 45.6 Å². The second kappa shape index (κ2) is 7.72. The van der Waals surface area contributed by atoms with Crippen LogP contribution < -0.4 is 4.74 Å². The van der Waals surface area contributed by atoms with Crippen molar-refractivity contribution in [1.82, 2.24) is 14.7 Å². The Labute approximate surface area is 149 Å². The van der Waals surface area contributed by atoms with Gasteiger partial charge in [-0.15, -0.1) is 0 Å². The monoisotopic (exact) mass is 341 g/mol. The molecule has 0 spiro atoms. The molecule has 5 nitrogen and oxygen atoms in total. The Hall–Kier alpha value is -2.30. The van der Waals surface area contributed by atoms with Crippen LogP contribution in [0.15, 0.2) is 30.3 Å². The molecule has 1 aromatic carbocycles. The number of aromatic nitrogens is 2. The Bertz CT molecular complexity index is 724. The number of hydrogen-bond acceptors (Lipinski definition) is 3. The van der Waals surface area contributed by atoms with E-state index in [1.54, 1.807) is 0 Å². The molecule has 1 amide bonds. The Morgan fingerprint density at radius 2 is 2.04 bits per heavy atom. The Balaban J connectivity index is 1.56. The zero-order valence-corrected chi connectivity index (χ0v) is 15.4. The van der Waals surface area contributed by atoms with Crippen LogP contribution in [-0.4, -0.2) is 33.7 Å². The molecule has 1 fully saturated rings. The second-order valence-electron chi connectivity index (χ2n) is 6.72. The van der Waals surface area contributed by atoms with Gasteiger partial charge < -0.3 is 9.64 Å². The molecule has 1 aliphatic heterocycles. The zero-order chi connectivity index (χ0) is 17.8. The molecule has 1 atom stereocenters. The minimum atomic E-state index is 0.177. The number of para-hydroxylation sites is 1. The lowest BCUT2D eigenvalue weighted by Crippen LogP contribution is -2.31. The van der Waals surface area contributed by atoms with Gasteiger partial charge in [-0.1, -0.05) is 18.2 Å². The fraction of sp³-hybridized carbons (Fsp3) is 0.500. The van der Waals surface area contributed by atoms with E-state index in [-0.39, 0.29) is 11.9 Å². The van der Waals surface area contributed by atoms with E-state index in [0.29, 0.717) is 13.0 Å². The molecule has 0 saturated carbocycles. The lowest BCUT2D eigenvalue weighted by atomic mass is 10.0. The molecule has 3 rings (SSSR count). The van der Waals surface area contributed by atoms with E-state index in [0.717, 1.165) is 42.9 Å². The zero-order valence-electron chi connectivity index (χ0n) is 15.4. The van der Waals surface area contributed by atoms with Crippen LogP contribution in [0.2, 0.25) is 0 Å². The Morgan fingerprint density at radius 3 is 2.72 bits per heavy atom. The normalized spacial score (nSPS) is 17.1. The molecule has 25 heavy (non-hydrogen) atoms. The molecule has 0 unspecified atom stereocenters. The summed E-state index contributed by atoms with van der Waals surface area (Å²) in [7, 11) is 1.97. The maximum Gasteiger partial charge on any atom is 0.223 e. The molecule has 0 bridgehead atoms. The van der Waals surface area contributed by atoms with Gasteiger partial charge in [0.25, 0.3) is 0 Å². The number of ether oxygens (including phenoxy) is 1. The smallest absolute Gasteiger partial charge is 0.223 e. The maximum absolute atomic E-state index is 12.7. The van der Waals surface area contributed by atoms with Crippen molar-refractivity contribution in [3.05, 3.63) is 47.3 Å². The van der Waals surface area contributed by atoms with Crippen LogP contribution in [0.1, 0.15) is 48.7 Å². The van der Waals surface area contributed by atoms with Gasteiger partial charge in [0.15, 0.2) is 0 Å². The van der Waals surface area contributed by atoms with E-state index < -0.39 is 0 Å². The lowest BCUT2D eigenvalue weighted by Gasteiger charge is -2.25. The minimum absolute atomic E-state index is 0.177. The summed E-state index contributed by atoms with van der Waals surface area (Å²) in [4.78, 5) is 14.8. The summed E-state index contributed by atoms with van der Waals surface area (Å²) < 4.78 is 7.60. The number of hydrogen-bond donors (Lipinski definition) is 0. The quantitative estimate of drug-likeness (QED) is 0.755. The van der Waals surface area contributed by atoms with E-state index in [4.69, 9.17) is 4.74 Å². The first-order valence-corrected chi connectivity index (χ1v) is 9.05. The third kappa shape index (κ3) is 3.86. The average molecular weight is 341 g/mol. The van der Waals surface area contributed by atoms with Crippen LogP contribution in [0.5, 0.6) is 5.75 Å². The predicted molar refractivity (Wildman–Crippen MR) is 97.5 cm³/mol. The largest absolute Gasteiger partial charge is 0.494 e. The fourth-order valence-corrected chi connectivity index (χ4v) is 3.71. The van der Waals surface area contributed by atoms with Crippen LogP contribution in [0.25, 0.3) is 0 Å². The first-order chi connectivity index (χ1) is 12.1. The molecule has 2 heterocycles. The van der Waals surface area contributed by atoms with Crippen LogP contribution in [-0.2, 0) is 11.8 Å². The van der Waals surface area contributed by atoms with Crippen LogP contribution in [0.3, 0.4) is 0 Å². The average Bonchev–Trinajstić information content (AvgIpc) is 3.17. The van der Waals surface area contributed by atoms with Gasteiger partial charge in [0.2, 0.25) is 5.91 Å². The number of carbonyl (C=O) groups is 1. The molecule has 0 N–H and O–H groups in total. The van der Waals surface area contributed by atoms with Gasteiger partial charge in [0.1, 0.15) is 5.75 Å². The van der Waals surface area contributed by atoms with Crippen LogP contribution >= 0.6 is 0 Å². The van der Waals surface area contributed by atoms with Crippen molar-refractivity contribution in [3.8, 4) is 5.75 Å². The van der Waals surface area contributed by atoms with Gasteiger partial charge in [0, 0.05) is 31.3 Å². The van der Waals surface area contributed by atoms with Gasteiger partial charge in [-0.3, -0.25) is 9.48 Å². The number of benzene rings is 1. The van der Waals surface area contributed by atoms with Crippen molar-refractivity contribution in [2.75, 3.05) is 13.2 Å². The van der Waals surface area contributed by atoms with Crippen LogP contribution in [0, 0.1) is 13.8 Å². The third-order valence-corrected chi connectivity index (χ3v) is 5.02. The van der Waals surface area contributed by atoms with E-state index >= 15 is 0 Å².